The van der Waals surface area contributed by atoms with Gasteiger partial charge in [0.1, 0.15) is 17.2 Å². The van der Waals surface area contributed by atoms with E-state index in [1.54, 1.807) is 14.2 Å². The molecule has 2 heterocycles. The first-order chi connectivity index (χ1) is 13.1. The number of nitrogens with one attached hydrogen (secondary N) is 1. The summed E-state index contributed by atoms with van der Waals surface area (Å²) in [5.74, 6) is 1.92. The third kappa shape index (κ3) is 3.89. The molecule has 0 aliphatic carbocycles. The molecule has 142 valence electrons. The lowest BCUT2D eigenvalue weighted by molar-refractivity contribution is -0.116. The smallest absolute Gasteiger partial charge is 0.225 e. The van der Waals surface area contributed by atoms with Gasteiger partial charge in [0.15, 0.2) is 11.5 Å². The summed E-state index contributed by atoms with van der Waals surface area (Å²) in [6.07, 6.45) is 4.29. The lowest BCUT2D eigenvalue weighted by atomic mass is 10.1. The van der Waals surface area contributed by atoms with Gasteiger partial charge in [0.25, 0.3) is 0 Å². The Morgan fingerprint density at radius 2 is 1.93 bits per heavy atom. The van der Waals surface area contributed by atoms with Crippen molar-refractivity contribution in [2.45, 2.75) is 33.1 Å². The van der Waals surface area contributed by atoms with Crippen LogP contribution < -0.4 is 14.8 Å². The SMILES string of the molecule is CCCCC(=O)Nc1c(-c2ccc(OC)c(OC)c2)nc2ccc(C)cn12. The number of carbonyl (C=O) groups excluding carboxylic acids is 1. The number of ether oxygens (including phenoxy) is 2. The van der Waals surface area contributed by atoms with Gasteiger partial charge in [-0.15, -0.1) is 0 Å². The van der Waals surface area contributed by atoms with E-state index in [-0.39, 0.29) is 5.91 Å². The van der Waals surface area contributed by atoms with Gasteiger partial charge in [-0.25, -0.2) is 4.98 Å². The summed E-state index contributed by atoms with van der Waals surface area (Å²) in [5.41, 5.74) is 3.41. The molecule has 6 nitrogen and oxygen atoms in total. The zero-order valence-corrected chi connectivity index (χ0v) is 16.2. The van der Waals surface area contributed by atoms with E-state index in [9.17, 15) is 4.79 Å². The number of methoxy groups -OCH3 is 2. The maximum absolute atomic E-state index is 12.4. The number of aromatic nitrogens is 2. The molecule has 1 amide bonds. The molecule has 2 aromatic heterocycles. The Morgan fingerprint density at radius 1 is 1.15 bits per heavy atom. The van der Waals surface area contributed by atoms with Crippen molar-refractivity contribution in [3.05, 3.63) is 42.1 Å². The van der Waals surface area contributed by atoms with Crippen molar-refractivity contribution < 1.29 is 14.3 Å². The molecular formula is C21H25N3O3. The largest absolute Gasteiger partial charge is 0.493 e. The summed E-state index contributed by atoms with van der Waals surface area (Å²) in [5, 5.41) is 3.05. The van der Waals surface area contributed by atoms with Gasteiger partial charge in [0.2, 0.25) is 5.91 Å². The fourth-order valence-electron chi connectivity index (χ4n) is 2.99. The number of anilines is 1. The highest BCUT2D eigenvalue weighted by molar-refractivity contribution is 5.94. The third-order valence-electron chi connectivity index (χ3n) is 4.44. The van der Waals surface area contributed by atoms with Gasteiger partial charge in [-0.2, -0.15) is 0 Å². The number of rotatable bonds is 7. The van der Waals surface area contributed by atoms with Crippen LogP contribution in [0.15, 0.2) is 36.5 Å². The van der Waals surface area contributed by atoms with Crippen LogP contribution in [0.5, 0.6) is 11.5 Å². The van der Waals surface area contributed by atoms with E-state index >= 15 is 0 Å². The Morgan fingerprint density at radius 3 is 2.63 bits per heavy atom. The summed E-state index contributed by atoms with van der Waals surface area (Å²) in [6, 6.07) is 9.57. The molecular weight excluding hydrogens is 342 g/mol. The molecule has 0 aliphatic rings. The van der Waals surface area contributed by atoms with Crippen LogP contribution in [0.4, 0.5) is 5.82 Å². The van der Waals surface area contributed by atoms with Gasteiger partial charge in [-0.3, -0.25) is 9.20 Å². The Hall–Kier alpha value is -3.02. The Bertz CT molecular complexity index is 963. The summed E-state index contributed by atoms with van der Waals surface area (Å²) in [4.78, 5) is 17.1. The van der Waals surface area contributed by atoms with Crippen molar-refractivity contribution in [2.24, 2.45) is 0 Å². The van der Waals surface area contributed by atoms with Crippen LogP contribution in [-0.2, 0) is 4.79 Å². The molecule has 0 radical (unpaired) electrons. The van der Waals surface area contributed by atoms with E-state index in [4.69, 9.17) is 14.5 Å². The first-order valence-corrected chi connectivity index (χ1v) is 9.08. The van der Waals surface area contributed by atoms with Crippen molar-refractivity contribution in [3.63, 3.8) is 0 Å². The van der Waals surface area contributed by atoms with Crippen LogP contribution >= 0.6 is 0 Å². The Balaban J connectivity index is 2.11. The van der Waals surface area contributed by atoms with Crippen LogP contribution in [0.3, 0.4) is 0 Å². The monoisotopic (exact) mass is 367 g/mol. The zero-order valence-electron chi connectivity index (χ0n) is 16.2. The minimum absolute atomic E-state index is 0.0121. The lowest BCUT2D eigenvalue weighted by Crippen LogP contribution is -2.13. The van der Waals surface area contributed by atoms with Gasteiger partial charge in [0.05, 0.1) is 14.2 Å². The number of unbranched alkanes of at least 4 members (excludes halogenated alkanes) is 1. The highest BCUT2D eigenvalue weighted by Gasteiger charge is 2.18. The fourth-order valence-corrected chi connectivity index (χ4v) is 2.99. The van der Waals surface area contributed by atoms with Crippen molar-refractivity contribution in [1.29, 1.82) is 0 Å². The van der Waals surface area contributed by atoms with Crippen LogP contribution in [0.1, 0.15) is 31.7 Å². The second-order valence-corrected chi connectivity index (χ2v) is 6.47. The van der Waals surface area contributed by atoms with Crippen LogP contribution in [0.25, 0.3) is 16.9 Å². The lowest BCUT2D eigenvalue weighted by Gasteiger charge is -2.11. The van der Waals surface area contributed by atoms with E-state index in [0.717, 1.165) is 29.6 Å². The maximum atomic E-state index is 12.4. The fraction of sp³-hybridized carbons (Fsp3) is 0.333. The van der Waals surface area contributed by atoms with E-state index in [2.05, 4.69) is 12.2 Å². The number of hydrogen-bond donors (Lipinski definition) is 1. The molecule has 6 heteroatoms. The number of hydrogen-bond acceptors (Lipinski definition) is 4. The number of amides is 1. The predicted octanol–water partition coefficient (Wildman–Crippen LogP) is 4.46. The van der Waals surface area contributed by atoms with Gasteiger partial charge >= 0.3 is 0 Å². The van der Waals surface area contributed by atoms with Gasteiger partial charge < -0.3 is 14.8 Å². The third-order valence-corrected chi connectivity index (χ3v) is 4.44. The quantitative estimate of drug-likeness (QED) is 0.670. The minimum Gasteiger partial charge on any atom is -0.493 e. The normalized spacial score (nSPS) is 10.8. The summed E-state index contributed by atoms with van der Waals surface area (Å²) < 4.78 is 12.7. The van der Waals surface area contributed by atoms with Crippen molar-refractivity contribution in [3.8, 4) is 22.8 Å². The Kier molecular flexibility index (Phi) is 5.64. The molecule has 0 atom stereocenters. The van der Waals surface area contributed by atoms with E-state index in [0.29, 0.717) is 29.4 Å². The summed E-state index contributed by atoms with van der Waals surface area (Å²) in [6.45, 7) is 4.08. The molecule has 0 aliphatic heterocycles. The average molecular weight is 367 g/mol. The Labute approximate surface area is 159 Å². The molecule has 0 spiro atoms. The molecule has 1 aromatic carbocycles. The summed E-state index contributed by atoms with van der Waals surface area (Å²) in [7, 11) is 3.20. The molecule has 0 unspecified atom stereocenters. The van der Waals surface area contributed by atoms with Crippen LogP contribution in [-0.4, -0.2) is 29.5 Å². The number of carbonyl (C=O) groups is 1. The molecule has 0 fully saturated rings. The summed E-state index contributed by atoms with van der Waals surface area (Å²) >= 11 is 0. The second-order valence-electron chi connectivity index (χ2n) is 6.47. The molecule has 3 aromatic rings. The van der Waals surface area contributed by atoms with E-state index < -0.39 is 0 Å². The molecule has 27 heavy (non-hydrogen) atoms. The van der Waals surface area contributed by atoms with E-state index in [1.807, 2.05) is 47.9 Å². The molecule has 1 N–H and O–H groups in total. The van der Waals surface area contributed by atoms with Crippen molar-refractivity contribution in [2.75, 3.05) is 19.5 Å². The molecule has 0 saturated heterocycles. The highest BCUT2D eigenvalue weighted by Crippen LogP contribution is 2.35. The number of aryl methyl sites for hydroxylation is 1. The van der Waals surface area contributed by atoms with Crippen molar-refractivity contribution >= 4 is 17.4 Å². The van der Waals surface area contributed by atoms with E-state index in [1.165, 1.54) is 0 Å². The zero-order chi connectivity index (χ0) is 19.4. The van der Waals surface area contributed by atoms with Crippen molar-refractivity contribution in [1.82, 2.24) is 9.38 Å². The number of imidazole rings is 1. The number of pyridine rings is 1. The number of fused-ring (bicyclic) bond motifs is 1. The molecule has 3 rings (SSSR count). The predicted molar refractivity (Wildman–Crippen MR) is 107 cm³/mol. The van der Waals surface area contributed by atoms with Gasteiger partial charge in [0, 0.05) is 18.2 Å². The minimum atomic E-state index is -0.0121. The number of benzene rings is 1. The highest BCUT2D eigenvalue weighted by atomic mass is 16.5. The number of nitrogens with zero attached hydrogens (tertiary/aromatic N) is 2. The van der Waals surface area contributed by atoms with Crippen LogP contribution in [0.2, 0.25) is 0 Å². The van der Waals surface area contributed by atoms with Gasteiger partial charge in [-0.05, 0) is 43.2 Å². The first-order valence-electron chi connectivity index (χ1n) is 9.08. The molecule has 0 bridgehead atoms. The second kappa shape index (κ2) is 8.12. The molecule has 0 saturated carbocycles. The average Bonchev–Trinajstić information content (AvgIpc) is 3.03. The maximum Gasteiger partial charge on any atom is 0.225 e. The van der Waals surface area contributed by atoms with Gasteiger partial charge in [-0.1, -0.05) is 19.4 Å². The topological polar surface area (TPSA) is 64.9 Å². The first kappa shape index (κ1) is 18.8. The standard InChI is InChI=1S/C21H25N3O3/c1-5-6-7-19(25)23-21-20(22-18-11-8-14(2)13-24(18)21)15-9-10-16(26-3)17(12-15)27-4/h8-13H,5-7H2,1-4H3,(H,23,25). The van der Waals surface area contributed by atoms with Crippen LogP contribution in [0, 0.1) is 6.92 Å².